The van der Waals surface area contributed by atoms with Gasteiger partial charge in [-0.05, 0) is 35.9 Å². The first-order chi connectivity index (χ1) is 14.2. The third kappa shape index (κ3) is 5.39. The molecule has 0 spiro atoms. The molecule has 6 nitrogen and oxygen atoms in total. The van der Waals surface area contributed by atoms with E-state index in [2.05, 4.69) is 10.3 Å². The van der Waals surface area contributed by atoms with Crippen molar-refractivity contribution in [1.82, 2.24) is 10.3 Å². The Balaban J connectivity index is 1.54. The van der Waals surface area contributed by atoms with Gasteiger partial charge in [-0.15, -0.1) is 0 Å². The summed E-state index contributed by atoms with van der Waals surface area (Å²) in [4.78, 5) is 4.26. The standard InChI is InChI=1S/C23H26N2O4/c1-26-21-12-9-18(22(27-2)23(21)28-3)15-24-14-17-7-10-20(11-8-17)29-16-19-6-4-5-13-25-19/h4-13,24H,14-16H2,1-3H3. The Hall–Kier alpha value is -3.25. The van der Waals surface area contributed by atoms with E-state index in [1.165, 1.54) is 0 Å². The van der Waals surface area contributed by atoms with Crippen LogP contribution in [0.25, 0.3) is 0 Å². The van der Waals surface area contributed by atoms with E-state index >= 15 is 0 Å². The summed E-state index contributed by atoms with van der Waals surface area (Å²) in [6.45, 7) is 1.82. The summed E-state index contributed by atoms with van der Waals surface area (Å²) in [6.07, 6.45) is 1.76. The highest BCUT2D eigenvalue weighted by molar-refractivity contribution is 5.55. The van der Waals surface area contributed by atoms with E-state index in [1.54, 1.807) is 27.5 Å². The van der Waals surface area contributed by atoms with Crippen LogP contribution in [0.2, 0.25) is 0 Å². The maximum Gasteiger partial charge on any atom is 0.203 e. The number of pyridine rings is 1. The van der Waals surface area contributed by atoms with Gasteiger partial charge in [-0.25, -0.2) is 0 Å². The number of nitrogens with one attached hydrogen (secondary N) is 1. The SMILES string of the molecule is COc1ccc(CNCc2ccc(OCc3ccccn3)cc2)c(OC)c1OC. The van der Waals surface area contributed by atoms with Gasteiger partial charge in [0, 0.05) is 24.8 Å². The lowest BCUT2D eigenvalue weighted by Gasteiger charge is -2.16. The van der Waals surface area contributed by atoms with Crippen molar-refractivity contribution in [2.24, 2.45) is 0 Å². The Morgan fingerprint density at radius 1 is 0.793 bits per heavy atom. The number of hydrogen-bond acceptors (Lipinski definition) is 6. The van der Waals surface area contributed by atoms with Crippen LogP contribution in [0, 0.1) is 0 Å². The van der Waals surface area contributed by atoms with E-state index in [0.29, 0.717) is 30.4 Å². The van der Waals surface area contributed by atoms with Crippen LogP contribution in [0.1, 0.15) is 16.8 Å². The molecular weight excluding hydrogens is 368 g/mol. The quantitative estimate of drug-likeness (QED) is 0.561. The van der Waals surface area contributed by atoms with Gasteiger partial charge in [0.2, 0.25) is 5.75 Å². The van der Waals surface area contributed by atoms with E-state index < -0.39 is 0 Å². The van der Waals surface area contributed by atoms with Crippen LogP contribution in [-0.2, 0) is 19.7 Å². The Bertz CT molecular complexity index is 899. The summed E-state index contributed by atoms with van der Waals surface area (Å²) in [6, 6.07) is 17.7. The zero-order chi connectivity index (χ0) is 20.5. The van der Waals surface area contributed by atoms with Gasteiger partial charge >= 0.3 is 0 Å². The lowest BCUT2D eigenvalue weighted by atomic mass is 10.1. The van der Waals surface area contributed by atoms with Gasteiger partial charge in [0.15, 0.2) is 11.5 Å². The van der Waals surface area contributed by atoms with Crippen molar-refractivity contribution < 1.29 is 18.9 Å². The molecule has 0 unspecified atom stereocenters. The summed E-state index contributed by atoms with van der Waals surface area (Å²) >= 11 is 0. The number of benzene rings is 2. The number of methoxy groups -OCH3 is 3. The molecule has 6 heteroatoms. The molecule has 152 valence electrons. The first-order valence-corrected chi connectivity index (χ1v) is 9.35. The van der Waals surface area contributed by atoms with Crippen LogP contribution in [-0.4, -0.2) is 26.3 Å². The first-order valence-electron chi connectivity index (χ1n) is 9.35. The van der Waals surface area contributed by atoms with Crippen molar-refractivity contribution in [2.75, 3.05) is 21.3 Å². The monoisotopic (exact) mass is 394 g/mol. The molecule has 1 aromatic heterocycles. The van der Waals surface area contributed by atoms with Crippen molar-refractivity contribution in [3.05, 3.63) is 77.6 Å². The van der Waals surface area contributed by atoms with Crippen LogP contribution >= 0.6 is 0 Å². The molecule has 2 aromatic carbocycles. The first kappa shape index (κ1) is 20.5. The molecule has 0 aliphatic rings. The van der Waals surface area contributed by atoms with Crippen LogP contribution in [0.5, 0.6) is 23.0 Å². The van der Waals surface area contributed by atoms with E-state index in [0.717, 1.165) is 29.1 Å². The summed E-state index contributed by atoms with van der Waals surface area (Å²) in [5.41, 5.74) is 3.07. The van der Waals surface area contributed by atoms with Crippen LogP contribution in [0.4, 0.5) is 0 Å². The summed E-state index contributed by atoms with van der Waals surface area (Å²) < 4.78 is 22.1. The van der Waals surface area contributed by atoms with Gasteiger partial charge in [-0.1, -0.05) is 24.3 Å². The largest absolute Gasteiger partial charge is 0.493 e. The average molecular weight is 394 g/mol. The highest BCUT2D eigenvalue weighted by atomic mass is 16.5. The highest BCUT2D eigenvalue weighted by Gasteiger charge is 2.15. The van der Waals surface area contributed by atoms with E-state index in [9.17, 15) is 0 Å². The highest BCUT2D eigenvalue weighted by Crippen LogP contribution is 2.39. The Labute approximate surface area is 171 Å². The average Bonchev–Trinajstić information content (AvgIpc) is 2.78. The minimum absolute atomic E-state index is 0.456. The molecule has 0 saturated heterocycles. The second-order valence-electron chi connectivity index (χ2n) is 6.35. The third-order valence-electron chi connectivity index (χ3n) is 4.47. The molecule has 0 bridgehead atoms. The fourth-order valence-electron chi connectivity index (χ4n) is 2.99. The lowest BCUT2D eigenvalue weighted by Crippen LogP contribution is -2.13. The zero-order valence-electron chi connectivity index (χ0n) is 17.0. The smallest absolute Gasteiger partial charge is 0.203 e. The molecule has 29 heavy (non-hydrogen) atoms. The Morgan fingerprint density at radius 3 is 2.24 bits per heavy atom. The number of nitrogens with zero attached hydrogens (tertiary/aromatic N) is 1. The molecule has 0 aliphatic heterocycles. The lowest BCUT2D eigenvalue weighted by molar-refractivity contribution is 0.301. The Kier molecular flexibility index (Phi) is 7.30. The third-order valence-corrected chi connectivity index (χ3v) is 4.47. The molecule has 3 rings (SSSR count). The molecule has 0 aliphatic carbocycles. The zero-order valence-corrected chi connectivity index (χ0v) is 17.0. The molecule has 3 aromatic rings. The molecule has 0 atom stereocenters. The molecule has 1 N–H and O–H groups in total. The van der Waals surface area contributed by atoms with Gasteiger partial charge in [-0.3, -0.25) is 4.98 Å². The molecule has 1 heterocycles. The van der Waals surface area contributed by atoms with Gasteiger partial charge in [0.1, 0.15) is 12.4 Å². The van der Waals surface area contributed by atoms with Crippen LogP contribution < -0.4 is 24.3 Å². The van der Waals surface area contributed by atoms with Crippen molar-refractivity contribution >= 4 is 0 Å². The predicted octanol–water partition coefficient (Wildman–Crippen LogP) is 3.98. The van der Waals surface area contributed by atoms with Gasteiger partial charge < -0.3 is 24.3 Å². The molecular formula is C23H26N2O4. The molecule has 0 saturated carbocycles. The number of ether oxygens (including phenoxy) is 4. The van der Waals surface area contributed by atoms with E-state index in [1.807, 2.05) is 54.6 Å². The number of rotatable bonds is 10. The normalized spacial score (nSPS) is 10.4. The summed E-state index contributed by atoms with van der Waals surface area (Å²) in [7, 11) is 4.85. The van der Waals surface area contributed by atoms with E-state index in [4.69, 9.17) is 18.9 Å². The minimum Gasteiger partial charge on any atom is -0.493 e. The second-order valence-corrected chi connectivity index (χ2v) is 6.35. The maximum absolute atomic E-state index is 5.77. The van der Waals surface area contributed by atoms with Gasteiger partial charge in [0.05, 0.1) is 27.0 Å². The maximum atomic E-state index is 5.77. The fraction of sp³-hybridized carbons (Fsp3) is 0.261. The van der Waals surface area contributed by atoms with Crippen LogP contribution in [0.15, 0.2) is 60.8 Å². The summed E-state index contributed by atoms with van der Waals surface area (Å²) in [5, 5.41) is 3.43. The topological polar surface area (TPSA) is 61.8 Å². The van der Waals surface area contributed by atoms with Gasteiger partial charge in [0.25, 0.3) is 0 Å². The number of aromatic nitrogens is 1. The molecule has 0 radical (unpaired) electrons. The Morgan fingerprint density at radius 2 is 1.59 bits per heavy atom. The van der Waals surface area contributed by atoms with Crippen molar-refractivity contribution in [2.45, 2.75) is 19.7 Å². The predicted molar refractivity (Wildman–Crippen MR) is 112 cm³/mol. The van der Waals surface area contributed by atoms with Crippen molar-refractivity contribution in [3.63, 3.8) is 0 Å². The van der Waals surface area contributed by atoms with Gasteiger partial charge in [-0.2, -0.15) is 0 Å². The van der Waals surface area contributed by atoms with Crippen molar-refractivity contribution in [3.8, 4) is 23.0 Å². The van der Waals surface area contributed by atoms with Crippen LogP contribution in [0.3, 0.4) is 0 Å². The second kappa shape index (κ2) is 10.3. The summed E-state index contributed by atoms with van der Waals surface area (Å²) in [5.74, 6) is 2.75. The van der Waals surface area contributed by atoms with E-state index in [-0.39, 0.29) is 0 Å². The van der Waals surface area contributed by atoms with Crippen molar-refractivity contribution in [1.29, 1.82) is 0 Å². The molecule has 0 fully saturated rings. The molecule has 0 amide bonds. The minimum atomic E-state index is 0.456. The number of hydrogen-bond donors (Lipinski definition) is 1. The fourth-order valence-corrected chi connectivity index (χ4v) is 2.99.